The van der Waals surface area contributed by atoms with E-state index in [1.807, 2.05) is 32.0 Å². The topological polar surface area (TPSA) is 77.1 Å². The van der Waals surface area contributed by atoms with Crippen molar-refractivity contribution in [2.45, 2.75) is 45.4 Å². The zero-order valence-corrected chi connectivity index (χ0v) is 18.6. The van der Waals surface area contributed by atoms with Crippen LogP contribution in [-0.2, 0) is 20.0 Å². The standard InChI is InChI=1S/C24H29F2N3O3/c1-16(2)15-31-17(3)23(30)29-24(12-7-13-27,18-8-5-4-6-9-18)32-22(28-29)20-14-19(25)10-11-21(20)26/h4-6,8-11,14,16-17H,7,12-13,15,27H2,1-3H3/t17-,24?/m0/s1. The van der Waals surface area contributed by atoms with Crippen LogP contribution in [0.25, 0.3) is 0 Å². The van der Waals surface area contributed by atoms with Crippen LogP contribution in [0.3, 0.4) is 0 Å². The molecule has 0 bridgehead atoms. The summed E-state index contributed by atoms with van der Waals surface area (Å²) >= 11 is 0. The lowest BCUT2D eigenvalue weighted by Gasteiger charge is -2.36. The van der Waals surface area contributed by atoms with Crippen LogP contribution < -0.4 is 5.73 Å². The average molecular weight is 446 g/mol. The molecule has 2 aromatic carbocycles. The van der Waals surface area contributed by atoms with Gasteiger partial charge in [-0.2, -0.15) is 5.01 Å². The molecule has 0 aromatic heterocycles. The Kier molecular flexibility index (Phi) is 7.58. The third kappa shape index (κ3) is 4.97. The van der Waals surface area contributed by atoms with Crippen molar-refractivity contribution in [2.24, 2.45) is 16.8 Å². The average Bonchev–Trinajstić information content (AvgIpc) is 3.18. The zero-order chi connectivity index (χ0) is 23.3. The van der Waals surface area contributed by atoms with Crippen LogP contribution in [0.4, 0.5) is 8.78 Å². The predicted octanol–water partition coefficient (Wildman–Crippen LogP) is 4.14. The molecule has 172 valence electrons. The molecule has 8 heteroatoms. The summed E-state index contributed by atoms with van der Waals surface area (Å²) in [4.78, 5) is 13.5. The number of hydrazone groups is 1. The molecule has 6 nitrogen and oxygen atoms in total. The maximum Gasteiger partial charge on any atom is 0.275 e. The van der Waals surface area contributed by atoms with Crippen molar-refractivity contribution in [3.63, 3.8) is 0 Å². The Morgan fingerprint density at radius 3 is 2.56 bits per heavy atom. The number of amides is 1. The van der Waals surface area contributed by atoms with Crippen LogP contribution in [0.2, 0.25) is 0 Å². The number of ether oxygens (including phenoxy) is 2. The minimum absolute atomic E-state index is 0.163. The van der Waals surface area contributed by atoms with Gasteiger partial charge in [-0.15, -0.1) is 5.10 Å². The van der Waals surface area contributed by atoms with Crippen molar-refractivity contribution >= 4 is 11.8 Å². The summed E-state index contributed by atoms with van der Waals surface area (Å²) in [5, 5.41) is 5.54. The number of nitrogens with zero attached hydrogens (tertiary/aromatic N) is 2. The smallest absolute Gasteiger partial charge is 0.275 e. The van der Waals surface area contributed by atoms with Crippen molar-refractivity contribution in [3.05, 3.63) is 71.3 Å². The fourth-order valence-electron chi connectivity index (χ4n) is 3.50. The lowest BCUT2D eigenvalue weighted by Crippen LogP contribution is -2.49. The summed E-state index contributed by atoms with van der Waals surface area (Å²) in [7, 11) is 0. The Morgan fingerprint density at radius 1 is 1.19 bits per heavy atom. The summed E-state index contributed by atoms with van der Waals surface area (Å²) in [6.45, 7) is 6.34. The minimum Gasteiger partial charge on any atom is -0.443 e. The quantitative estimate of drug-likeness (QED) is 0.629. The molecule has 1 unspecified atom stereocenters. The van der Waals surface area contributed by atoms with Crippen LogP contribution >= 0.6 is 0 Å². The summed E-state index contributed by atoms with van der Waals surface area (Å²) in [5.74, 6) is -1.73. The molecule has 0 fully saturated rings. The van der Waals surface area contributed by atoms with Gasteiger partial charge in [0.15, 0.2) is 0 Å². The molecule has 32 heavy (non-hydrogen) atoms. The summed E-state index contributed by atoms with van der Waals surface area (Å²) in [5.41, 5.74) is 4.89. The van der Waals surface area contributed by atoms with Crippen molar-refractivity contribution in [1.29, 1.82) is 0 Å². The van der Waals surface area contributed by atoms with E-state index < -0.39 is 29.4 Å². The summed E-state index contributed by atoms with van der Waals surface area (Å²) in [6, 6.07) is 12.1. The molecule has 1 aliphatic heterocycles. The second-order valence-corrected chi connectivity index (χ2v) is 8.19. The molecule has 0 radical (unpaired) electrons. The van der Waals surface area contributed by atoms with E-state index in [-0.39, 0.29) is 17.4 Å². The van der Waals surface area contributed by atoms with Gasteiger partial charge in [0.1, 0.15) is 17.7 Å². The first-order chi connectivity index (χ1) is 15.3. The Balaban J connectivity index is 2.09. The molecule has 1 heterocycles. The van der Waals surface area contributed by atoms with E-state index in [2.05, 4.69) is 5.10 Å². The number of rotatable bonds is 9. The molecular weight excluding hydrogens is 416 g/mol. The fraction of sp³-hybridized carbons (Fsp3) is 0.417. The Labute approximate surface area is 187 Å². The van der Waals surface area contributed by atoms with E-state index in [0.717, 1.165) is 18.2 Å². The lowest BCUT2D eigenvalue weighted by molar-refractivity contribution is -0.164. The van der Waals surface area contributed by atoms with Gasteiger partial charge in [-0.25, -0.2) is 8.78 Å². The van der Waals surface area contributed by atoms with Gasteiger partial charge in [0, 0.05) is 18.6 Å². The van der Waals surface area contributed by atoms with E-state index in [0.29, 0.717) is 31.6 Å². The Hall–Kier alpha value is -2.84. The highest BCUT2D eigenvalue weighted by atomic mass is 19.1. The van der Waals surface area contributed by atoms with Gasteiger partial charge in [0.25, 0.3) is 5.91 Å². The Morgan fingerprint density at radius 2 is 1.91 bits per heavy atom. The van der Waals surface area contributed by atoms with Crippen LogP contribution in [0.15, 0.2) is 53.6 Å². The highest BCUT2D eigenvalue weighted by Crippen LogP contribution is 2.41. The van der Waals surface area contributed by atoms with Crippen LogP contribution in [0.1, 0.15) is 44.7 Å². The number of hydrogen-bond donors (Lipinski definition) is 1. The van der Waals surface area contributed by atoms with Gasteiger partial charge < -0.3 is 15.2 Å². The second kappa shape index (κ2) is 10.2. The number of carbonyl (C=O) groups is 1. The SMILES string of the molecule is CC(C)CO[C@@H](C)C(=O)N1N=C(c2cc(F)ccc2F)OC1(CCCN)c1ccccc1. The summed E-state index contributed by atoms with van der Waals surface area (Å²) < 4.78 is 40.4. The van der Waals surface area contributed by atoms with Crippen LogP contribution in [0, 0.1) is 17.6 Å². The fourth-order valence-corrected chi connectivity index (χ4v) is 3.50. The number of hydrogen-bond acceptors (Lipinski definition) is 5. The largest absolute Gasteiger partial charge is 0.443 e. The van der Waals surface area contributed by atoms with Gasteiger partial charge >= 0.3 is 0 Å². The van der Waals surface area contributed by atoms with Crippen LogP contribution in [-0.4, -0.2) is 36.1 Å². The van der Waals surface area contributed by atoms with E-state index in [4.69, 9.17) is 15.2 Å². The van der Waals surface area contributed by atoms with Gasteiger partial charge in [-0.05, 0) is 44.0 Å². The molecule has 0 spiro atoms. The van der Waals surface area contributed by atoms with Crippen molar-refractivity contribution in [1.82, 2.24) is 5.01 Å². The molecule has 2 atom stereocenters. The van der Waals surface area contributed by atoms with Gasteiger partial charge in [-0.1, -0.05) is 44.2 Å². The van der Waals surface area contributed by atoms with Crippen molar-refractivity contribution < 1.29 is 23.0 Å². The highest BCUT2D eigenvalue weighted by molar-refractivity contribution is 5.97. The number of halogens is 2. The van der Waals surface area contributed by atoms with Crippen molar-refractivity contribution in [2.75, 3.05) is 13.2 Å². The highest BCUT2D eigenvalue weighted by Gasteiger charge is 2.50. The van der Waals surface area contributed by atoms with E-state index in [1.54, 1.807) is 19.1 Å². The number of benzene rings is 2. The molecule has 1 aliphatic rings. The predicted molar refractivity (Wildman–Crippen MR) is 117 cm³/mol. The van der Waals surface area contributed by atoms with E-state index in [9.17, 15) is 13.6 Å². The number of nitrogens with two attached hydrogens (primary N) is 1. The molecule has 2 aromatic rings. The molecular formula is C24H29F2N3O3. The van der Waals surface area contributed by atoms with E-state index >= 15 is 0 Å². The molecule has 1 amide bonds. The third-order valence-electron chi connectivity index (χ3n) is 5.14. The molecule has 0 saturated carbocycles. The van der Waals surface area contributed by atoms with Crippen LogP contribution in [0.5, 0.6) is 0 Å². The molecule has 0 aliphatic carbocycles. The van der Waals surface area contributed by atoms with Gasteiger partial charge in [-0.3, -0.25) is 4.79 Å². The summed E-state index contributed by atoms with van der Waals surface area (Å²) in [6.07, 6.45) is -0.00329. The normalized spacial score (nSPS) is 19.1. The first-order valence-corrected chi connectivity index (χ1v) is 10.7. The first kappa shape index (κ1) is 23.8. The zero-order valence-electron chi connectivity index (χ0n) is 18.6. The first-order valence-electron chi connectivity index (χ1n) is 10.7. The molecule has 0 saturated heterocycles. The van der Waals surface area contributed by atoms with Crippen molar-refractivity contribution in [3.8, 4) is 0 Å². The number of carbonyl (C=O) groups excluding carboxylic acids is 1. The van der Waals surface area contributed by atoms with Gasteiger partial charge in [0.2, 0.25) is 11.6 Å². The van der Waals surface area contributed by atoms with E-state index in [1.165, 1.54) is 5.01 Å². The maximum absolute atomic E-state index is 14.5. The van der Waals surface area contributed by atoms with Gasteiger partial charge in [0.05, 0.1) is 5.56 Å². The Bertz CT molecular complexity index is 968. The molecule has 3 rings (SSSR count). The monoisotopic (exact) mass is 445 g/mol. The third-order valence-corrected chi connectivity index (χ3v) is 5.14. The minimum atomic E-state index is -1.36. The second-order valence-electron chi connectivity index (χ2n) is 8.19. The lowest BCUT2D eigenvalue weighted by atomic mass is 9.96. The maximum atomic E-state index is 14.5. The molecule has 2 N–H and O–H groups in total.